The van der Waals surface area contributed by atoms with Gasteiger partial charge in [0.2, 0.25) is 0 Å². The van der Waals surface area contributed by atoms with E-state index in [0.29, 0.717) is 22.2 Å². The van der Waals surface area contributed by atoms with Crippen molar-refractivity contribution in [2.24, 2.45) is 0 Å². The van der Waals surface area contributed by atoms with E-state index >= 15 is 4.39 Å². The molecule has 0 aliphatic carbocycles. The summed E-state index contributed by atoms with van der Waals surface area (Å²) in [7, 11) is 0. The van der Waals surface area contributed by atoms with Crippen LogP contribution < -0.4 is 10.6 Å². The highest BCUT2D eigenvalue weighted by atomic mass is 19.1. The van der Waals surface area contributed by atoms with Crippen LogP contribution in [0.4, 0.5) is 20.3 Å². The van der Waals surface area contributed by atoms with Crippen LogP contribution in [0.2, 0.25) is 0 Å². The average molecular weight is 446 g/mol. The topological polar surface area (TPSA) is 115 Å². The first kappa shape index (κ1) is 20.7. The zero-order chi connectivity index (χ0) is 23.1. The molecule has 1 fully saturated rings. The zero-order valence-corrected chi connectivity index (χ0v) is 17.6. The number of aromatic nitrogens is 3. The number of piperidine rings is 1. The Labute approximate surface area is 188 Å². The lowest BCUT2D eigenvalue weighted by Gasteiger charge is -2.29. The number of nitrogens with zero attached hydrogens (tertiary/aromatic N) is 4. The Morgan fingerprint density at radius 1 is 1.06 bits per heavy atom. The first-order valence-corrected chi connectivity index (χ1v) is 10.6. The van der Waals surface area contributed by atoms with Gasteiger partial charge in [0.1, 0.15) is 29.3 Å². The van der Waals surface area contributed by atoms with Crippen molar-refractivity contribution in [1.29, 1.82) is 5.26 Å². The molecule has 0 unspecified atom stereocenters. The van der Waals surface area contributed by atoms with Crippen molar-refractivity contribution in [2.75, 3.05) is 23.7 Å². The standard InChI is InChI=1S/C24H20F2N6O/c25-17-11-14(33)5-6-15(17)22-16(12-27)20(21-23(28)30-31-24(21)29-22)13-4-7-19(18(26)10-13)32-8-2-1-3-9-32/h4-7,10-11,33H,1-3,8-9H2,(H3,28,29,30,31). The van der Waals surface area contributed by atoms with Crippen molar-refractivity contribution < 1.29 is 13.9 Å². The van der Waals surface area contributed by atoms with Crippen molar-refractivity contribution in [3.63, 3.8) is 0 Å². The third kappa shape index (κ3) is 3.49. The Bertz CT molecular complexity index is 1420. The van der Waals surface area contributed by atoms with E-state index in [0.717, 1.165) is 38.4 Å². The Kier molecular flexibility index (Phi) is 5.05. The summed E-state index contributed by atoms with van der Waals surface area (Å²) >= 11 is 0. The van der Waals surface area contributed by atoms with Gasteiger partial charge < -0.3 is 15.7 Å². The lowest BCUT2D eigenvalue weighted by molar-refractivity contribution is 0.469. The van der Waals surface area contributed by atoms with E-state index in [9.17, 15) is 14.8 Å². The van der Waals surface area contributed by atoms with Crippen molar-refractivity contribution in [3.05, 3.63) is 53.6 Å². The molecular formula is C24H20F2N6O. The van der Waals surface area contributed by atoms with Crippen LogP contribution >= 0.6 is 0 Å². The normalized spacial score (nSPS) is 13.9. The third-order valence-electron chi connectivity index (χ3n) is 5.98. The SMILES string of the molecule is N#Cc1c(-c2ccc(O)cc2F)nc2n[nH]c(N)c2c1-c1ccc(N2CCCCC2)c(F)c1. The van der Waals surface area contributed by atoms with Gasteiger partial charge in [-0.15, -0.1) is 0 Å². The molecule has 1 saturated heterocycles. The average Bonchev–Trinajstić information content (AvgIpc) is 3.18. The molecule has 1 aliphatic heterocycles. The number of phenols is 1. The molecule has 3 heterocycles. The second-order valence-electron chi connectivity index (χ2n) is 8.04. The summed E-state index contributed by atoms with van der Waals surface area (Å²) in [5.41, 5.74) is 7.57. The number of nitriles is 1. The van der Waals surface area contributed by atoms with Crippen molar-refractivity contribution >= 4 is 22.5 Å². The number of nitrogen functional groups attached to an aromatic ring is 1. The number of halogens is 2. The Morgan fingerprint density at radius 2 is 1.85 bits per heavy atom. The monoisotopic (exact) mass is 446 g/mol. The Balaban J connectivity index is 1.75. The molecule has 4 aromatic rings. The van der Waals surface area contributed by atoms with Gasteiger partial charge in [-0.3, -0.25) is 5.10 Å². The maximum Gasteiger partial charge on any atom is 0.184 e. The van der Waals surface area contributed by atoms with Gasteiger partial charge in [0, 0.05) is 30.3 Å². The van der Waals surface area contributed by atoms with Crippen LogP contribution in [0, 0.1) is 23.0 Å². The van der Waals surface area contributed by atoms with Gasteiger partial charge in [0.15, 0.2) is 5.65 Å². The molecule has 0 spiro atoms. The zero-order valence-electron chi connectivity index (χ0n) is 17.6. The number of hydrogen-bond donors (Lipinski definition) is 3. The second-order valence-corrected chi connectivity index (χ2v) is 8.04. The van der Waals surface area contributed by atoms with Gasteiger partial charge in [0.05, 0.1) is 22.3 Å². The van der Waals surface area contributed by atoms with E-state index in [1.54, 1.807) is 12.1 Å². The molecule has 2 aromatic heterocycles. The predicted molar refractivity (Wildman–Crippen MR) is 122 cm³/mol. The Hall–Kier alpha value is -4.19. The fraction of sp³-hybridized carbons (Fsp3) is 0.208. The van der Waals surface area contributed by atoms with Crippen LogP contribution in [-0.2, 0) is 0 Å². The third-order valence-corrected chi connectivity index (χ3v) is 5.98. The first-order valence-electron chi connectivity index (χ1n) is 10.6. The number of aromatic hydroxyl groups is 1. The highest BCUT2D eigenvalue weighted by Gasteiger charge is 2.24. The van der Waals surface area contributed by atoms with E-state index in [2.05, 4.69) is 21.3 Å². The molecule has 0 radical (unpaired) electrons. The number of anilines is 2. The van der Waals surface area contributed by atoms with E-state index < -0.39 is 11.6 Å². The number of nitrogens with two attached hydrogens (primary N) is 1. The summed E-state index contributed by atoms with van der Waals surface area (Å²) < 4.78 is 29.9. The van der Waals surface area contributed by atoms with Crippen LogP contribution in [-0.4, -0.2) is 33.4 Å². The fourth-order valence-electron chi connectivity index (χ4n) is 4.42. The fourth-order valence-corrected chi connectivity index (χ4v) is 4.42. The molecule has 9 heteroatoms. The quantitative estimate of drug-likeness (QED) is 0.420. The number of benzene rings is 2. The van der Waals surface area contributed by atoms with Gasteiger partial charge in [-0.2, -0.15) is 10.4 Å². The van der Waals surface area contributed by atoms with Crippen LogP contribution in [0.25, 0.3) is 33.4 Å². The molecule has 1 aliphatic rings. The minimum atomic E-state index is -0.751. The lowest BCUT2D eigenvalue weighted by atomic mass is 9.93. The minimum absolute atomic E-state index is 0.0134. The number of hydrogen-bond acceptors (Lipinski definition) is 6. The number of fused-ring (bicyclic) bond motifs is 1. The molecule has 166 valence electrons. The molecule has 0 bridgehead atoms. The lowest BCUT2D eigenvalue weighted by Crippen LogP contribution is -2.30. The van der Waals surface area contributed by atoms with Crippen LogP contribution in [0.3, 0.4) is 0 Å². The molecule has 0 saturated carbocycles. The van der Waals surface area contributed by atoms with E-state index in [-0.39, 0.29) is 34.0 Å². The second kappa shape index (κ2) is 8.06. The number of pyridine rings is 1. The summed E-state index contributed by atoms with van der Waals surface area (Å²) in [5.74, 6) is -1.25. The Morgan fingerprint density at radius 3 is 2.55 bits per heavy atom. The number of rotatable bonds is 3. The predicted octanol–water partition coefficient (Wildman–Crippen LogP) is 4.72. The van der Waals surface area contributed by atoms with Crippen LogP contribution in [0.5, 0.6) is 5.75 Å². The van der Waals surface area contributed by atoms with E-state index in [4.69, 9.17) is 5.73 Å². The van der Waals surface area contributed by atoms with Gasteiger partial charge in [-0.1, -0.05) is 6.07 Å². The highest BCUT2D eigenvalue weighted by molar-refractivity contribution is 6.04. The molecule has 4 N–H and O–H groups in total. The molecular weight excluding hydrogens is 426 g/mol. The smallest absolute Gasteiger partial charge is 0.184 e. The van der Waals surface area contributed by atoms with Gasteiger partial charge in [-0.25, -0.2) is 13.8 Å². The summed E-state index contributed by atoms with van der Waals surface area (Å²) in [6, 6.07) is 10.4. The summed E-state index contributed by atoms with van der Waals surface area (Å²) in [5, 5.41) is 26.7. The molecule has 33 heavy (non-hydrogen) atoms. The summed E-state index contributed by atoms with van der Waals surface area (Å²) in [4.78, 5) is 6.37. The van der Waals surface area contributed by atoms with Crippen molar-refractivity contribution in [2.45, 2.75) is 19.3 Å². The largest absolute Gasteiger partial charge is 0.508 e. The van der Waals surface area contributed by atoms with Gasteiger partial charge >= 0.3 is 0 Å². The number of phenolic OH excluding ortho intramolecular Hbond substituents is 1. The highest BCUT2D eigenvalue weighted by Crippen LogP contribution is 2.40. The van der Waals surface area contributed by atoms with Gasteiger partial charge in [-0.05, 0) is 49.1 Å². The summed E-state index contributed by atoms with van der Waals surface area (Å²) in [6.07, 6.45) is 3.16. The van der Waals surface area contributed by atoms with E-state index in [1.165, 1.54) is 18.2 Å². The minimum Gasteiger partial charge on any atom is -0.508 e. The van der Waals surface area contributed by atoms with Crippen molar-refractivity contribution in [3.8, 4) is 34.2 Å². The molecule has 2 aromatic carbocycles. The molecule has 7 nitrogen and oxygen atoms in total. The molecule has 0 amide bonds. The number of H-pyrrole nitrogens is 1. The van der Waals surface area contributed by atoms with Crippen LogP contribution in [0.15, 0.2) is 36.4 Å². The van der Waals surface area contributed by atoms with E-state index in [1.807, 2.05) is 4.90 Å². The number of nitrogens with one attached hydrogen (secondary N) is 1. The molecule has 0 atom stereocenters. The van der Waals surface area contributed by atoms with Gasteiger partial charge in [0.25, 0.3) is 0 Å². The summed E-state index contributed by atoms with van der Waals surface area (Å²) in [6.45, 7) is 1.58. The maximum atomic E-state index is 15.2. The molecule has 5 rings (SSSR count). The first-order chi connectivity index (χ1) is 16.0. The van der Waals surface area contributed by atoms with Crippen LogP contribution in [0.1, 0.15) is 24.8 Å². The number of aromatic amines is 1. The van der Waals surface area contributed by atoms with Crippen molar-refractivity contribution in [1.82, 2.24) is 15.2 Å². The maximum absolute atomic E-state index is 15.2.